The van der Waals surface area contributed by atoms with Gasteiger partial charge in [0.15, 0.2) is 5.17 Å². The summed E-state index contributed by atoms with van der Waals surface area (Å²) in [7, 11) is 0. The van der Waals surface area contributed by atoms with E-state index in [1.165, 1.54) is 12.8 Å². The number of aliphatic hydroxyl groups is 1. The number of halogens is 1. The highest BCUT2D eigenvalue weighted by Gasteiger charge is 2.15. The van der Waals surface area contributed by atoms with Gasteiger partial charge in [0.05, 0.1) is 0 Å². The Balaban J connectivity index is 1.69. The molecule has 0 aliphatic carbocycles. The first kappa shape index (κ1) is 15.9. The van der Waals surface area contributed by atoms with Crippen molar-refractivity contribution in [1.29, 1.82) is 0 Å². The van der Waals surface area contributed by atoms with Gasteiger partial charge in [-0.2, -0.15) is 0 Å². The molecule has 5 nitrogen and oxygen atoms in total. The topological polar surface area (TPSA) is 58.0 Å². The van der Waals surface area contributed by atoms with Crippen LogP contribution in [-0.2, 0) is 4.84 Å². The summed E-state index contributed by atoms with van der Waals surface area (Å²) in [5.41, 5.74) is 0.930. The van der Waals surface area contributed by atoms with E-state index in [9.17, 15) is 5.11 Å². The van der Waals surface area contributed by atoms with Gasteiger partial charge in [-0.3, -0.25) is 4.98 Å². The molecule has 114 valence electrons. The first-order valence-corrected chi connectivity index (χ1v) is 7.46. The Bertz CT molecular complexity index is 473. The standard InChI is InChI=1S/C15H20ClN3O2/c16-15(6-5-13-4-3-7-17-10-13)18-21-12-14(20)11-19-8-1-2-9-19/h3-7,10,14,20H,1-2,8-9,11-12H2/b6-5+,18-15-. The van der Waals surface area contributed by atoms with Gasteiger partial charge in [0.2, 0.25) is 0 Å². The molecular formula is C15H20ClN3O2. The van der Waals surface area contributed by atoms with Crippen LogP contribution in [0.4, 0.5) is 0 Å². The van der Waals surface area contributed by atoms with Crippen LogP contribution in [-0.4, -0.2) is 52.5 Å². The smallest absolute Gasteiger partial charge is 0.168 e. The number of hydrogen-bond donors (Lipinski definition) is 1. The van der Waals surface area contributed by atoms with Crippen LogP contribution in [0.15, 0.2) is 35.8 Å². The first-order valence-electron chi connectivity index (χ1n) is 7.08. The van der Waals surface area contributed by atoms with Crippen LogP contribution >= 0.6 is 11.6 Å². The van der Waals surface area contributed by atoms with Gasteiger partial charge in [0.1, 0.15) is 12.7 Å². The molecule has 0 aromatic carbocycles. The summed E-state index contributed by atoms with van der Waals surface area (Å²) in [5, 5.41) is 13.8. The van der Waals surface area contributed by atoms with Gasteiger partial charge in [0, 0.05) is 18.9 Å². The number of β-amino-alcohol motifs (C(OH)–C–C–N with tert-alkyl or cyclic N) is 1. The lowest BCUT2D eigenvalue weighted by Crippen LogP contribution is -2.32. The minimum absolute atomic E-state index is 0.146. The fraction of sp³-hybridized carbons (Fsp3) is 0.467. The van der Waals surface area contributed by atoms with Gasteiger partial charge in [-0.25, -0.2) is 0 Å². The number of aromatic nitrogens is 1. The molecule has 1 aromatic heterocycles. The lowest BCUT2D eigenvalue weighted by Gasteiger charge is -2.18. The molecule has 0 amide bonds. The van der Waals surface area contributed by atoms with Crippen molar-refractivity contribution in [3.8, 4) is 0 Å². The van der Waals surface area contributed by atoms with Gasteiger partial charge in [-0.05, 0) is 43.6 Å². The average Bonchev–Trinajstić information content (AvgIpc) is 2.99. The van der Waals surface area contributed by atoms with Crippen LogP contribution in [0, 0.1) is 0 Å². The van der Waals surface area contributed by atoms with Gasteiger partial charge >= 0.3 is 0 Å². The van der Waals surface area contributed by atoms with E-state index in [0.717, 1.165) is 18.7 Å². The van der Waals surface area contributed by atoms with Crippen LogP contribution in [0.3, 0.4) is 0 Å². The van der Waals surface area contributed by atoms with E-state index in [-0.39, 0.29) is 11.8 Å². The quantitative estimate of drug-likeness (QED) is 0.619. The second-order valence-electron chi connectivity index (χ2n) is 4.99. The van der Waals surface area contributed by atoms with Gasteiger partial charge in [-0.15, -0.1) is 0 Å². The summed E-state index contributed by atoms with van der Waals surface area (Å²) < 4.78 is 0. The van der Waals surface area contributed by atoms with Crippen LogP contribution in [0.5, 0.6) is 0 Å². The van der Waals surface area contributed by atoms with E-state index in [1.54, 1.807) is 24.5 Å². The Hall–Kier alpha value is -1.43. The number of hydrogen-bond acceptors (Lipinski definition) is 5. The Morgan fingerprint density at radius 1 is 1.52 bits per heavy atom. The average molecular weight is 310 g/mol. The van der Waals surface area contributed by atoms with Crippen molar-refractivity contribution in [1.82, 2.24) is 9.88 Å². The lowest BCUT2D eigenvalue weighted by atomic mass is 10.3. The first-order chi connectivity index (χ1) is 10.2. The molecule has 2 heterocycles. The van der Waals surface area contributed by atoms with Crippen LogP contribution in [0.1, 0.15) is 18.4 Å². The summed E-state index contributed by atoms with van der Waals surface area (Å²) in [4.78, 5) is 11.3. The molecule has 0 saturated carbocycles. The second kappa shape index (κ2) is 8.77. The molecule has 0 spiro atoms. The molecule has 1 aliphatic heterocycles. The number of rotatable bonds is 7. The fourth-order valence-corrected chi connectivity index (χ4v) is 2.28. The third-order valence-corrected chi connectivity index (χ3v) is 3.38. The minimum Gasteiger partial charge on any atom is -0.392 e. The molecule has 0 bridgehead atoms. The maximum absolute atomic E-state index is 9.83. The number of oxime groups is 1. The van der Waals surface area contributed by atoms with Crippen molar-refractivity contribution in [3.05, 3.63) is 36.2 Å². The van der Waals surface area contributed by atoms with Crippen molar-refractivity contribution in [2.45, 2.75) is 18.9 Å². The van der Waals surface area contributed by atoms with Crippen molar-refractivity contribution >= 4 is 22.8 Å². The number of aliphatic hydroxyl groups excluding tert-OH is 1. The number of nitrogens with zero attached hydrogens (tertiary/aromatic N) is 3. The van der Waals surface area contributed by atoms with E-state index in [4.69, 9.17) is 16.4 Å². The summed E-state index contributed by atoms with van der Waals surface area (Å²) in [5.74, 6) is 0. The van der Waals surface area contributed by atoms with E-state index < -0.39 is 6.10 Å². The molecular weight excluding hydrogens is 290 g/mol. The summed E-state index contributed by atoms with van der Waals surface area (Å²) in [6, 6.07) is 3.75. The van der Waals surface area contributed by atoms with Crippen LogP contribution in [0.25, 0.3) is 6.08 Å². The van der Waals surface area contributed by atoms with E-state index >= 15 is 0 Å². The highest BCUT2D eigenvalue weighted by atomic mass is 35.5. The highest BCUT2D eigenvalue weighted by molar-refractivity contribution is 6.68. The van der Waals surface area contributed by atoms with Crippen LogP contribution < -0.4 is 0 Å². The molecule has 6 heteroatoms. The minimum atomic E-state index is -0.543. The van der Waals surface area contributed by atoms with Crippen molar-refractivity contribution in [2.24, 2.45) is 5.16 Å². The van der Waals surface area contributed by atoms with Gasteiger partial charge in [0.25, 0.3) is 0 Å². The molecule has 1 fully saturated rings. The Labute approximate surface area is 129 Å². The number of allylic oxidation sites excluding steroid dienone is 1. The lowest BCUT2D eigenvalue weighted by molar-refractivity contribution is 0.0234. The second-order valence-corrected chi connectivity index (χ2v) is 5.38. The summed E-state index contributed by atoms with van der Waals surface area (Å²) >= 11 is 5.91. The summed E-state index contributed by atoms with van der Waals surface area (Å²) in [6.45, 7) is 2.87. The molecule has 1 saturated heterocycles. The monoisotopic (exact) mass is 309 g/mol. The molecule has 0 radical (unpaired) electrons. The maximum Gasteiger partial charge on any atom is 0.168 e. The third-order valence-electron chi connectivity index (χ3n) is 3.18. The molecule has 1 aromatic rings. The zero-order chi connectivity index (χ0) is 14.9. The Morgan fingerprint density at radius 3 is 3.05 bits per heavy atom. The van der Waals surface area contributed by atoms with E-state index in [1.807, 2.05) is 12.1 Å². The Morgan fingerprint density at radius 2 is 2.33 bits per heavy atom. The molecule has 1 unspecified atom stereocenters. The predicted molar refractivity (Wildman–Crippen MR) is 84.2 cm³/mol. The van der Waals surface area contributed by atoms with Crippen molar-refractivity contribution in [3.63, 3.8) is 0 Å². The Kier molecular flexibility index (Phi) is 6.66. The van der Waals surface area contributed by atoms with E-state index in [0.29, 0.717) is 6.54 Å². The molecule has 1 aliphatic rings. The third kappa shape index (κ3) is 6.25. The largest absolute Gasteiger partial charge is 0.392 e. The zero-order valence-corrected chi connectivity index (χ0v) is 12.6. The number of pyridine rings is 1. The van der Waals surface area contributed by atoms with Gasteiger partial charge < -0.3 is 14.8 Å². The molecule has 1 atom stereocenters. The summed E-state index contributed by atoms with van der Waals surface area (Å²) in [6.07, 6.45) is 8.72. The van der Waals surface area contributed by atoms with Gasteiger partial charge in [-0.1, -0.05) is 28.9 Å². The normalized spacial score (nSPS) is 18.3. The molecule has 2 rings (SSSR count). The van der Waals surface area contributed by atoms with E-state index in [2.05, 4.69) is 15.0 Å². The molecule has 1 N–H and O–H groups in total. The molecule has 21 heavy (non-hydrogen) atoms. The SMILES string of the molecule is OC(CO/N=C(Cl)/C=C/c1cccnc1)CN1CCCC1. The predicted octanol–water partition coefficient (Wildman–Crippen LogP) is 2.12. The maximum atomic E-state index is 9.83. The van der Waals surface area contributed by atoms with Crippen molar-refractivity contribution < 1.29 is 9.94 Å². The fourth-order valence-electron chi connectivity index (χ4n) is 2.17. The van der Waals surface area contributed by atoms with Crippen molar-refractivity contribution in [2.75, 3.05) is 26.2 Å². The highest BCUT2D eigenvalue weighted by Crippen LogP contribution is 2.08. The number of likely N-dealkylation sites (tertiary alicyclic amines) is 1. The van der Waals surface area contributed by atoms with Crippen LogP contribution in [0.2, 0.25) is 0 Å². The zero-order valence-electron chi connectivity index (χ0n) is 11.9.